The Bertz CT molecular complexity index is 668. The molecule has 0 aliphatic rings. The quantitative estimate of drug-likeness (QED) is 0.765. The highest BCUT2D eigenvalue weighted by Gasteiger charge is 2.06. The van der Waals surface area contributed by atoms with Crippen molar-refractivity contribution < 1.29 is 4.74 Å². The van der Waals surface area contributed by atoms with Gasteiger partial charge in [-0.1, -0.05) is 33.6 Å². The zero-order chi connectivity index (χ0) is 14.7. The van der Waals surface area contributed by atoms with E-state index in [4.69, 9.17) is 21.6 Å². The summed E-state index contributed by atoms with van der Waals surface area (Å²) in [5.41, 5.74) is 3.68. The molecule has 0 N–H and O–H groups in total. The van der Waals surface area contributed by atoms with Gasteiger partial charge < -0.3 is 4.74 Å². The molecule has 0 bridgehead atoms. The molecule has 0 atom stereocenters. The molecular weight excluding hydrogens is 338 g/mol. The summed E-state index contributed by atoms with van der Waals surface area (Å²) >= 11 is 9.65. The Kier molecular flexibility index (Phi) is 4.69. The largest absolute Gasteiger partial charge is 0.489 e. The molecule has 0 aromatic heterocycles. The lowest BCUT2D eigenvalue weighted by molar-refractivity contribution is 0.306. The van der Waals surface area contributed by atoms with E-state index >= 15 is 0 Å². The van der Waals surface area contributed by atoms with E-state index in [1.54, 1.807) is 12.1 Å². The molecule has 0 aliphatic carbocycles. The molecule has 0 spiro atoms. The van der Waals surface area contributed by atoms with E-state index in [-0.39, 0.29) is 0 Å². The van der Waals surface area contributed by atoms with Crippen LogP contribution in [-0.2, 0) is 6.61 Å². The van der Waals surface area contributed by atoms with Gasteiger partial charge in [0.2, 0.25) is 0 Å². The van der Waals surface area contributed by atoms with Gasteiger partial charge in [-0.25, -0.2) is 0 Å². The van der Waals surface area contributed by atoms with Gasteiger partial charge in [0.25, 0.3) is 0 Å². The standard InChI is InChI=1S/C16H13BrClNO/c1-10-5-14(6-11(2)16(10)17)20-9-13-4-3-12(8-19)7-15(13)18/h3-7H,9H2,1-2H3. The Hall–Kier alpha value is -1.50. The zero-order valence-corrected chi connectivity index (χ0v) is 13.5. The van der Waals surface area contributed by atoms with Crippen molar-refractivity contribution in [1.82, 2.24) is 0 Å². The van der Waals surface area contributed by atoms with Crippen molar-refractivity contribution in [3.63, 3.8) is 0 Å². The molecule has 4 heteroatoms. The SMILES string of the molecule is Cc1cc(OCc2ccc(C#N)cc2Cl)cc(C)c1Br. The van der Waals surface area contributed by atoms with Gasteiger partial charge in [0.05, 0.1) is 11.6 Å². The van der Waals surface area contributed by atoms with Crippen LogP contribution < -0.4 is 4.74 Å². The van der Waals surface area contributed by atoms with Crippen LogP contribution in [0.15, 0.2) is 34.8 Å². The molecule has 0 saturated carbocycles. The van der Waals surface area contributed by atoms with Crippen LogP contribution >= 0.6 is 27.5 Å². The van der Waals surface area contributed by atoms with Gasteiger partial charge >= 0.3 is 0 Å². The van der Waals surface area contributed by atoms with Crippen molar-refractivity contribution in [3.05, 3.63) is 62.1 Å². The summed E-state index contributed by atoms with van der Waals surface area (Å²) < 4.78 is 6.87. The number of hydrogen-bond acceptors (Lipinski definition) is 2. The third kappa shape index (κ3) is 3.33. The summed E-state index contributed by atoms with van der Waals surface area (Å²) in [5.74, 6) is 0.809. The van der Waals surface area contributed by atoms with Crippen LogP contribution in [0.2, 0.25) is 5.02 Å². The molecule has 0 amide bonds. The number of rotatable bonds is 3. The van der Waals surface area contributed by atoms with Crippen molar-refractivity contribution in [2.45, 2.75) is 20.5 Å². The van der Waals surface area contributed by atoms with Crippen molar-refractivity contribution in [2.75, 3.05) is 0 Å². The number of hydrogen-bond donors (Lipinski definition) is 0. The second-order valence-corrected chi connectivity index (χ2v) is 5.78. The molecule has 0 heterocycles. The molecule has 2 aromatic rings. The number of nitrogens with zero attached hydrogens (tertiary/aromatic N) is 1. The van der Waals surface area contributed by atoms with Crippen molar-refractivity contribution in [1.29, 1.82) is 5.26 Å². The minimum absolute atomic E-state index is 0.380. The highest BCUT2D eigenvalue weighted by molar-refractivity contribution is 9.10. The monoisotopic (exact) mass is 349 g/mol. The van der Waals surface area contributed by atoms with Crippen molar-refractivity contribution in [3.8, 4) is 11.8 Å². The normalized spacial score (nSPS) is 10.2. The number of aryl methyl sites for hydroxylation is 2. The van der Waals surface area contributed by atoms with Crippen LogP contribution in [0.3, 0.4) is 0 Å². The van der Waals surface area contributed by atoms with Gasteiger partial charge in [0.1, 0.15) is 12.4 Å². The van der Waals surface area contributed by atoms with E-state index in [0.717, 1.165) is 26.9 Å². The first-order valence-corrected chi connectivity index (χ1v) is 7.26. The van der Waals surface area contributed by atoms with Crippen molar-refractivity contribution in [2.24, 2.45) is 0 Å². The first-order valence-electron chi connectivity index (χ1n) is 6.09. The highest BCUT2D eigenvalue weighted by atomic mass is 79.9. The lowest BCUT2D eigenvalue weighted by Crippen LogP contribution is -1.98. The molecular formula is C16H13BrClNO. The molecule has 102 valence electrons. The van der Waals surface area contributed by atoms with E-state index in [0.29, 0.717) is 17.2 Å². The molecule has 2 rings (SSSR count). The third-order valence-corrected chi connectivity index (χ3v) is 4.59. The summed E-state index contributed by atoms with van der Waals surface area (Å²) in [4.78, 5) is 0. The smallest absolute Gasteiger partial charge is 0.120 e. The molecule has 0 unspecified atom stereocenters. The molecule has 0 saturated heterocycles. The Morgan fingerprint density at radius 1 is 1.20 bits per heavy atom. The van der Waals surface area contributed by atoms with Gasteiger partial charge in [-0.3, -0.25) is 0 Å². The fourth-order valence-corrected chi connectivity index (χ4v) is 2.35. The maximum absolute atomic E-state index is 8.80. The average Bonchev–Trinajstić information content (AvgIpc) is 2.43. The Morgan fingerprint density at radius 3 is 2.40 bits per heavy atom. The van der Waals surface area contributed by atoms with Gasteiger partial charge in [-0.05, 0) is 49.2 Å². The van der Waals surface area contributed by atoms with E-state index in [1.165, 1.54) is 0 Å². The van der Waals surface area contributed by atoms with Crippen LogP contribution in [0, 0.1) is 25.2 Å². The predicted molar refractivity (Wildman–Crippen MR) is 84.1 cm³/mol. The minimum atomic E-state index is 0.380. The first-order chi connectivity index (χ1) is 9.51. The predicted octanol–water partition coefficient (Wildman–Crippen LogP) is 5.17. The summed E-state index contributed by atoms with van der Waals surface area (Å²) in [6.45, 7) is 4.43. The number of benzene rings is 2. The van der Waals surface area contributed by atoms with Crippen LogP contribution in [0.25, 0.3) is 0 Å². The average molecular weight is 351 g/mol. The Labute approximate surface area is 132 Å². The summed E-state index contributed by atoms with van der Waals surface area (Å²) in [7, 11) is 0. The lowest BCUT2D eigenvalue weighted by Gasteiger charge is -2.11. The second kappa shape index (κ2) is 6.30. The van der Waals surface area contributed by atoms with E-state index in [1.807, 2.05) is 32.0 Å². The Balaban J connectivity index is 2.15. The molecule has 0 radical (unpaired) electrons. The topological polar surface area (TPSA) is 33.0 Å². The molecule has 2 aromatic carbocycles. The third-order valence-electron chi connectivity index (χ3n) is 2.99. The number of ether oxygens (including phenoxy) is 1. The van der Waals surface area contributed by atoms with Gasteiger partial charge in [0.15, 0.2) is 0 Å². The first kappa shape index (κ1) is 14.9. The van der Waals surface area contributed by atoms with E-state index < -0.39 is 0 Å². The highest BCUT2D eigenvalue weighted by Crippen LogP contribution is 2.27. The van der Waals surface area contributed by atoms with E-state index in [9.17, 15) is 0 Å². The molecule has 2 nitrogen and oxygen atoms in total. The zero-order valence-electron chi connectivity index (χ0n) is 11.2. The van der Waals surface area contributed by atoms with E-state index in [2.05, 4.69) is 22.0 Å². The number of nitriles is 1. The van der Waals surface area contributed by atoms with Crippen LogP contribution in [0.1, 0.15) is 22.3 Å². The van der Waals surface area contributed by atoms with Gasteiger partial charge in [0, 0.05) is 15.1 Å². The van der Waals surface area contributed by atoms with Crippen LogP contribution in [-0.4, -0.2) is 0 Å². The maximum atomic E-state index is 8.80. The molecule has 20 heavy (non-hydrogen) atoms. The van der Waals surface area contributed by atoms with Crippen molar-refractivity contribution >= 4 is 27.5 Å². The summed E-state index contributed by atoms with van der Waals surface area (Å²) in [5, 5.41) is 9.35. The van der Waals surface area contributed by atoms with Gasteiger partial charge in [-0.2, -0.15) is 5.26 Å². The second-order valence-electron chi connectivity index (χ2n) is 4.58. The van der Waals surface area contributed by atoms with Gasteiger partial charge in [-0.15, -0.1) is 0 Å². The van der Waals surface area contributed by atoms with Crippen LogP contribution in [0.4, 0.5) is 0 Å². The van der Waals surface area contributed by atoms with Crippen LogP contribution in [0.5, 0.6) is 5.75 Å². The minimum Gasteiger partial charge on any atom is -0.489 e. The summed E-state index contributed by atoms with van der Waals surface area (Å²) in [6, 6.07) is 11.2. The number of halogens is 2. The Morgan fingerprint density at radius 2 is 1.85 bits per heavy atom. The lowest BCUT2D eigenvalue weighted by atomic mass is 10.1. The maximum Gasteiger partial charge on any atom is 0.120 e. The summed E-state index contributed by atoms with van der Waals surface area (Å²) in [6.07, 6.45) is 0. The fraction of sp³-hybridized carbons (Fsp3) is 0.188. The fourth-order valence-electron chi connectivity index (χ4n) is 1.88. The molecule has 0 aliphatic heterocycles. The molecule has 0 fully saturated rings.